The number of imide groups is 1. The first-order valence-corrected chi connectivity index (χ1v) is 13.3. The summed E-state index contributed by atoms with van der Waals surface area (Å²) in [5.74, 6) is 0.203. The molecule has 0 spiro atoms. The number of anilines is 1. The first kappa shape index (κ1) is 28.4. The van der Waals surface area contributed by atoms with E-state index in [-0.39, 0.29) is 31.1 Å². The monoisotopic (exact) mass is 539 g/mol. The number of carbonyl (C=O) groups excluding carboxylic acids is 3. The standard InChI is InChI=1S/C29H37N3O7/c1-29(2,3)39-28(35)31-14-12-30(13-15-31)22-8-10-23(11-9-22)38-21-20-37-19-18-36-17-16-32-26(33)24-6-4-5-7-25(24)27(32)34/h4-11H,12-21H2,1-3H3. The number of fused-ring (bicyclic) bond motifs is 1. The summed E-state index contributed by atoms with van der Waals surface area (Å²) < 4.78 is 22.3. The second kappa shape index (κ2) is 12.9. The molecule has 0 bridgehead atoms. The number of benzene rings is 2. The van der Waals surface area contributed by atoms with E-state index in [1.54, 1.807) is 29.2 Å². The Hall–Kier alpha value is -3.63. The molecule has 2 aromatic carbocycles. The Kier molecular flexibility index (Phi) is 9.42. The lowest BCUT2D eigenvalue weighted by Crippen LogP contribution is -2.50. The summed E-state index contributed by atoms with van der Waals surface area (Å²) in [6.45, 7) is 10.4. The van der Waals surface area contributed by atoms with E-state index in [0.29, 0.717) is 50.6 Å². The van der Waals surface area contributed by atoms with Gasteiger partial charge in [-0.25, -0.2) is 4.79 Å². The number of carbonyl (C=O) groups is 3. The highest BCUT2D eigenvalue weighted by molar-refractivity contribution is 6.21. The molecule has 4 rings (SSSR count). The zero-order valence-corrected chi connectivity index (χ0v) is 22.9. The molecular weight excluding hydrogens is 502 g/mol. The zero-order chi connectivity index (χ0) is 27.8. The number of amides is 3. The summed E-state index contributed by atoms with van der Waals surface area (Å²) in [4.78, 5) is 42.1. The van der Waals surface area contributed by atoms with E-state index in [4.69, 9.17) is 18.9 Å². The number of piperazine rings is 1. The summed E-state index contributed by atoms with van der Waals surface area (Å²) in [6.07, 6.45) is -0.263. The van der Waals surface area contributed by atoms with Crippen LogP contribution in [-0.2, 0) is 14.2 Å². The van der Waals surface area contributed by atoms with Crippen molar-refractivity contribution in [1.82, 2.24) is 9.80 Å². The number of hydrogen-bond donors (Lipinski definition) is 0. The van der Waals surface area contributed by atoms with Gasteiger partial charge in [-0.1, -0.05) is 12.1 Å². The molecule has 1 saturated heterocycles. The average molecular weight is 540 g/mol. The summed E-state index contributed by atoms with van der Waals surface area (Å²) in [6, 6.07) is 14.7. The van der Waals surface area contributed by atoms with Gasteiger partial charge in [0.2, 0.25) is 0 Å². The van der Waals surface area contributed by atoms with Crippen molar-refractivity contribution < 1.29 is 33.3 Å². The predicted molar refractivity (Wildman–Crippen MR) is 145 cm³/mol. The van der Waals surface area contributed by atoms with Crippen molar-refractivity contribution in [2.75, 3.05) is 70.7 Å². The highest BCUT2D eigenvalue weighted by Gasteiger charge is 2.34. The second-order valence-electron chi connectivity index (χ2n) is 10.3. The van der Waals surface area contributed by atoms with Gasteiger partial charge in [0.05, 0.1) is 44.1 Å². The number of hydrogen-bond acceptors (Lipinski definition) is 8. The largest absolute Gasteiger partial charge is 0.491 e. The SMILES string of the molecule is CC(C)(C)OC(=O)N1CCN(c2ccc(OCCOCCOCCN3C(=O)c4ccccc4C3=O)cc2)CC1. The third-order valence-electron chi connectivity index (χ3n) is 6.34. The third-order valence-corrected chi connectivity index (χ3v) is 6.34. The fourth-order valence-electron chi connectivity index (χ4n) is 4.37. The van der Waals surface area contributed by atoms with Gasteiger partial charge in [0.1, 0.15) is 18.0 Å². The molecule has 0 saturated carbocycles. The molecule has 210 valence electrons. The average Bonchev–Trinajstić information content (AvgIpc) is 3.16. The van der Waals surface area contributed by atoms with Gasteiger partial charge in [0.25, 0.3) is 11.8 Å². The molecule has 0 radical (unpaired) electrons. The summed E-state index contributed by atoms with van der Waals surface area (Å²) >= 11 is 0. The maximum atomic E-state index is 12.3. The molecule has 1 fully saturated rings. The van der Waals surface area contributed by atoms with Crippen LogP contribution in [0.25, 0.3) is 0 Å². The summed E-state index contributed by atoms with van der Waals surface area (Å²) in [5, 5.41) is 0. The van der Waals surface area contributed by atoms with Crippen molar-refractivity contribution in [3.05, 3.63) is 59.7 Å². The van der Waals surface area contributed by atoms with E-state index >= 15 is 0 Å². The van der Waals surface area contributed by atoms with Crippen LogP contribution in [0.15, 0.2) is 48.5 Å². The molecule has 2 aliphatic rings. The predicted octanol–water partition coefficient (Wildman–Crippen LogP) is 3.45. The van der Waals surface area contributed by atoms with Crippen LogP contribution >= 0.6 is 0 Å². The molecule has 10 nitrogen and oxygen atoms in total. The maximum absolute atomic E-state index is 12.3. The first-order valence-electron chi connectivity index (χ1n) is 13.3. The van der Waals surface area contributed by atoms with Gasteiger partial charge in [-0.05, 0) is 57.2 Å². The quantitative estimate of drug-likeness (QED) is 0.316. The van der Waals surface area contributed by atoms with Crippen LogP contribution < -0.4 is 9.64 Å². The van der Waals surface area contributed by atoms with E-state index in [1.165, 1.54) is 4.90 Å². The molecule has 2 aliphatic heterocycles. The smallest absolute Gasteiger partial charge is 0.410 e. The van der Waals surface area contributed by atoms with Gasteiger partial charge >= 0.3 is 6.09 Å². The van der Waals surface area contributed by atoms with Gasteiger partial charge in [-0.15, -0.1) is 0 Å². The Morgan fingerprint density at radius 1 is 0.769 bits per heavy atom. The van der Waals surface area contributed by atoms with Crippen molar-refractivity contribution in [1.29, 1.82) is 0 Å². The topological polar surface area (TPSA) is 97.9 Å². The highest BCUT2D eigenvalue weighted by atomic mass is 16.6. The lowest BCUT2D eigenvalue weighted by Gasteiger charge is -2.36. The Bertz CT molecular complexity index is 1100. The Morgan fingerprint density at radius 2 is 1.33 bits per heavy atom. The highest BCUT2D eigenvalue weighted by Crippen LogP contribution is 2.23. The van der Waals surface area contributed by atoms with Crippen LogP contribution in [0.4, 0.5) is 10.5 Å². The van der Waals surface area contributed by atoms with Crippen molar-refractivity contribution in [2.24, 2.45) is 0 Å². The maximum Gasteiger partial charge on any atom is 0.410 e. The van der Waals surface area contributed by atoms with Crippen LogP contribution in [0.1, 0.15) is 41.5 Å². The van der Waals surface area contributed by atoms with Crippen LogP contribution in [0.2, 0.25) is 0 Å². The fourth-order valence-corrected chi connectivity index (χ4v) is 4.37. The molecule has 39 heavy (non-hydrogen) atoms. The fraction of sp³-hybridized carbons (Fsp3) is 0.483. The number of rotatable bonds is 11. The minimum absolute atomic E-state index is 0.213. The van der Waals surface area contributed by atoms with Crippen molar-refractivity contribution >= 4 is 23.6 Å². The third kappa shape index (κ3) is 7.70. The van der Waals surface area contributed by atoms with Crippen LogP contribution in [0.3, 0.4) is 0 Å². The molecule has 0 N–H and O–H groups in total. The van der Waals surface area contributed by atoms with E-state index in [9.17, 15) is 14.4 Å². The first-order chi connectivity index (χ1) is 18.7. The zero-order valence-electron chi connectivity index (χ0n) is 22.9. The number of ether oxygens (including phenoxy) is 4. The normalized spacial score (nSPS) is 15.5. The van der Waals surface area contributed by atoms with E-state index in [0.717, 1.165) is 24.5 Å². The lowest BCUT2D eigenvalue weighted by atomic mass is 10.1. The Balaban J connectivity index is 1.05. The van der Waals surface area contributed by atoms with Gasteiger partial charge in [0, 0.05) is 31.9 Å². The van der Waals surface area contributed by atoms with E-state index in [2.05, 4.69) is 4.90 Å². The van der Waals surface area contributed by atoms with Gasteiger partial charge < -0.3 is 28.7 Å². The molecular formula is C29H37N3O7. The number of nitrogens with zero attached hydrogens (tertiary/aromatic N) is 3. The molecule has 0 aliphatic carbocycles. The Labute approximate surface area is 229 Å². The van der Waals surface area contributed by atoms with Crippen LogP contribution in [0, 0.1) is 0 Å². The lowest BCUT2D eigenvalue weighted by molar-refractivity contribution is 0.0239. The molecule has 3 amide bonds. The van der Waals surface area contributed by atoms with Crippen molar-refractivity contribution in [3.63, 3.8) is 0 Å². The molecule has 0 atom stereocenters. The Morgan fingerprint density at radius 3 is 1.92 bits per heavy atom. The van der Waals surface area contributed by atoms with Gasteiger partial charge in [-0.3, -0.25) is 14.5 Å². The molecule has 0 unspecified atom stereocenters. The van der Waals surface area contributed by atoms with E-state index in [1.807, 2.05) is 45.0 Å². The minimum atomic E-state index is -0.490. The minimum Gasteiger partial charge on any atom is -0.491 e. The summed E-state index contributed by atoms with van der Waals surface area (Å²) in [5.41, 5.74) is 1.48. The molecule has 10 heteroatoms. The van der Waals surface area contributed by atoms with Crippen molar-refractivity contribution in [2.45, 2.75) is 26.4 Å². The van der Waals surface area contributed by atoms with E-state index < -0.39 is 5.60 Å². The van der Waals surface area contributed by atoms with Gasteiger partial charge in [-0.2, -0.15) is 0 Å². The van der Waals surface area contributed by atoms with Crippen LogP contribution in [-0.4, -0.2) is 99.1 Å². The summed E-state index contributed by atoms with van der Waals surface area (Å²) in [7, 11) is 0. The molecule has 2 heterocycles. The molecule has 0 aromatic heterocycles. The molecule has 2 aromatic rings. The van der Waals surface area contributed by atoms with Crippen molar-refractivity contribution in [3.8, 4) is 5.75 Å². The van der Waals surface area contributed by atoms with Crippen LogP contribution in [0.5, 0.6) is 5.75 Å². The van der Waals surface area contributed by atoms with Gasteiger partial charge in [0.15, 0.2) is 0 Å². The second-order valence-corrected chi connectivity index (χ2v) is 10.3.